The molecule has 5 rings (SSSR count). The number of nitrogens with one attached hydrogen (secondary N) is 2. The van der Waals surface area contributed by atoms with Crippen molar-refractivity contribution in [2.45, 2.75) is 32.7 Å². The van der Waals surface area contributed by atoms with E-state index < -0.39 is 6.43 Å². The SMILES string of the molecule is CC(C)n1nc2c(c1C(F)F)Cc1cnc(Nc3ccc(N4CCNCC4)cn3)nc1-2. The molecule has 162 valence electrons. The second-order valence-corrected chi connectivity index (χ2v) is 8.06. The van der Waals surface area contributed by atoms with E-state index in [9.17, 15) is 8.78 Å². The molecule has 31 heavy (non-hydrogen) atoms. The Morgan fingerprint density at radius 2 is 1.87 bits per heavy atom. The summed E-state index contributed by atoms with van der Waals surface area (Å²) in [5.41, 5.74) is 3.53. The second-order valence-electron chi connectivity index (χ2n) is 8.06. The lowest BCUT2D eigenvalue weighted by atomic mass is 10.1. The van der Waals surface area contributed by atoms with E-state index in [4.69, 9.17) is 0 Å². The summed E-state index contributed by atoms with van der Waals surface area (Å²) in [7, 11) is 0. The molecule has 0 bridgehead atoms. The number of piperazine rings is 1. The van der Waals surface area contributed by atoms with Crippen molar-refractivity contribution in [2.75, 3.05) is 36.4 Å². The Bertz CT molecular complexity index is 1090. The third-order valence-electron chi connectivity index (χ3n) is 5.67. The van der Waals surface area contributed by atoms with Gasteiger partial charge in [0.25, 0.3) is 6.43 Å². The first kappa shape index (κ1) is 19.8. The van der Waals surface area contributed by atoms with Crippen LogP contribution in [0.15, 0.2) is 24.5 Å². The first-order valence-electron chi connectivity index (χ1n) is 10.5. The molecule has 3 aromatic rings. The van der Waals surface area contributed by atoms with E-state index in [-0.39, 0.29) is 11.7 Å². The van der Waals surface area contributed by atoms with Crippen LogP contribution < -0.4 is 15.5 Å². The molecule has 1 aliphatic heterocycles. The normalized spacial score (nSPS) is 15.5. The second kappa shape index (κ2) is 7.84. The Kier molecular flexibility index (Phi) is 5.01. The summed E-state index contributed by atoms with van der Waals surface area (Å²) in [5.74, 6) is 0.991. The number of fused-ring (bicyclic) bond motifs is 3. The van der Waals surface area contributed by atoms with E-state index in [0.717, 1.165) is 37.4 Å². The zero-order chi connectivity index (χ0) is 21.5. The highest BCUT2D eigenvalue weighted by atomic mass is 19.3. The van der Waals surface area contributed by atoms with E-state index >= 15 is 0 Å². The molecule has 2 N–H and O–H groups in total. The molecule has 0 saturated carbocycles. The van der Waals surface area contributed by atoms with Gasteiger partial charge in [0.15, 0.2) is 0 Å². The zero-order valence-electron chi connectivity index (χ0n) is 17.4. The topological polar surface area (TPSA) is 83.8 Å². The van der Waals surface area contributed by atoms with Gasteiger partial charge in [-0.25, -0.2) is 23.7 Å². The Labute approximate surface area is 178 Å². The van der Waals surface area contributed by atoms with Crippen molar-refractivity contribution in [3.05, 3.63) is 41.3 Å². The molecular weight excluding hydrogens is 402 g/mol. The molecule has 3 aromatic heterocycles. The van der Waals surface area contributed by atoms with Crippen molar-refractivity contribution in [3.8, 4) is 11.4 Å². The summed E-state index contributed by atoms with van der Waals surface area (Å²) in [6, 6.07) is 3.75. The fraction of sp³-hybridized carbons (Fsp3) is 0.429. The Hall–Kier alpha value is -3.14. The van der Waals surface area contributed by atoms with Crippen LogP contribution in [-0.2, 0) is 6.42 Å². The highest BCUT2D eigenvalue weighted by molar-refractivity contribution is 5.72. The highest BCUT2D eigenvalue weighted by Crippen LogP contribution is 2.40. The predicted molar refractivity (Wildman–Crippen MR) is 114 cm³/mol. The van der Waals surface area contributed by atoms with Gasteiger partial charge >= 0.3 is 0 Å². The van der Waals surface area contributed by atoms with Crippen LogP contribution in [0.25, 0.3) is 11.4 Å². The lowest BCUT2D eigenvalue weighted by molar-refractivity contribution is 0.136. The fourth-order valence-electron chi connectivity index (χ4n) is 4.15. The van der Waals surface area contributed by atoms with Crippen molar-refractivity contribution < 1.29 is 8.78 Å². The van der Waals surface area contributed by atoms with Crippen LogP contribution in [0, 0.1) is 0 Å². The molecule has 2 aliphatic rings. The van der Waals surface area contributed by atoms with E-state index in [0.29, 0.717) is 35.1 Å². The van der Waals surface area contributed by atoms with E-state index in [1.165, 1.54) is 4.68 Å². The van der Waals surface area contributed by atoms with Gasteiger partial charge in [0, 0.05) is 56.0 Å². The van der Waals surface area contributed by atoms with Gasteiger partial charge in [-0.15, -0.1) is 0 Å². The highest BCUT2D eigenvalue weighted by Gasteiger charge is 2.33. The first-order valence-corrected chi connectivity index (χ1v) is 10.5. The van der Waals surface area contributed by atoms with Gasteiger partial charge in [0.2, 0.25) is 5.95 Å². The summed E-state index contributed by atoms with van der Waals surface area (Å²) in [5, 5.41) is 10.9. The molecule has 1 aliphatic carbocycles. The van der Waals surface area contributed by atoms with E-state index in [1.54, 1.807) is 6.20 Å². The third-order valence-corrected chi connectivity index (χ3v) is 5.67. The minimum absolute atomic E-state index is 0.0253. The smallest absolute Gasteiger partial charge is 0.280 e. The molecule has 1 fully saturated rings. The number of halogens is 2. The summed E-state index contributed by atoms with van der Waals surface area (Å²) >= 11 is 0. The van der Waals surface area contributed by atoms with Crippen LogP contribution >= 0.6 is 0 Å². The van der Waals surface area contributed by atoms with Gasteiger partial charge in [-0.1, -0.05) is 0 Å². The molecule has 10 heteroatoms. The Morgan fingerprint density at radius 3 is 2.55 bits per heavy atom. The van der Waals surface area contributed by atoms with Gasteiger partial charge in [0.1, 0.15) is 17.2 Å². The number of pyridine rings is 1. The summed E-state index contributed by atoms with van der Waals surface area (Å²) in [6.45, 7) is 7.52. The minimum atomic E-state index is -2.59. The molecule has 1 saturated heterocycles. The monoisotopic (exact) mass is 426 g/mol. The summed E-state index contributed by atoms with van der Waals surface area (Å²) < 4.78 is 28.8. The lowest BCUT2D eigenvalue weighted by Crippen LogP contribution is -2.43. The predicted octanol–water partition coefficient (Wildman–Crippen LogP) is 3.31. The van der Waals surface area contributed by atoms with Gasteiger partial charge < -0.3 is 15.5 Å². The molecule has 0 amide bonds. The fourth-order valence-corrected chi connectivity index (χ4v) is 4.15. The minimum Gasteiger partial charge on any atom is -0.368 e. The van der Waals surface area contributed by atoms with Crippen molar-refractivity contribution in [2.24, 2.45) is 0 Å². The van der Waals surface area contributed by atoms with Gasteiger partial charge in [-0.2, -0.15) is 5.10 Å². The van der Waals surface area contributed by atoms with Crippen molar-refractivity contribution in [1.29, 1.82) is 0 Å². The summed E-state index contributed by atoms with van der Waals surface area (Å²) in [6.07, 6.45) is 1.29. The largest absolute Gasteiger partial charge is 0.368 e. The first-order chi connectivity index (χ1) is 15.0. The average molecular weight is 426 g/mol. The van der Waals surface area contributed by atoms with Crippen molar-refractivity contribution in [1.82, 2.24) is 30.0 Å². The quantitative estimate of drug-likeness (QED) is 0.507. The number of alkyl halides is 2. The number of aromatic nitrogens is 5. The molecule has 8 nitrogen and oxygen atoms in total. The van der Waals surface area contributed by atoms with Crippen LogP contribution in [0.2, 0.25) is 0 Å². The number of rotatable bonds is 5. The van der Waals surface area contributed by atoms with Crippen LogP contribution in [0.1, 0.15) is 43.1 Å². The third kappa shape index (κ3) is 3.60. The van der Waals surface area contributed by atoms with Crippen LogP contribution in [-0.4, -0.2) is 50.9 Å². The lowest BCUT2D eigenvalue weighted by Gasteiger charge is -2.29. The van der Waals surface area contributed by atoms with Crippen molar-refractivity contribution in [3.63, 3.8) is 0 Å². The van der Waals surface area contributed by atoms with Gasteiger partial charge in [-0.3, -0.25) is 4.68 Å². The van der Waals surface area contributed by atoms with Gasteiger partial charge in [-0.05, 0) is 26.0 Å². The number of hydrogen-bond donors (Lipinski definition) is 2. The Balaban J connectivity index is 1.39. The van der Waals surface area contributed by atoms with E-state index in [1.807, 2.05) is 32.2 Å². The molecule has 0 radical (unpaired) electrons. The van der Waals surface area contributed by atoms with Crippen molar-refractivity contribution >= 4 is 17.5 Å². The molecule has 0 unspecified atom stereocenters. The molecule has 4 heterocycles. The molecule has 0 atom stereocenters. The number of hydrogen-bond acceptors (Lipinski definition) is 7. The van der Waals surface area contributed by atoms with Crippen LogP contribution in [0.4, 0.5) is 26.2 Å². The number of nitrogens with zero attached hydrogens (tertiary/aromatic N) is 6. The van der Waals surface area contributed by atoms with E-state index in [2.05, 4.69) is 35.6 Å². The maximum atomic E-state index is 13.7. The van der Waals surface area contributed by atoms with Gasteiger partial charge in [0.05, 0.1) is 17.6 Å². The van der Waals surface area contributed by atoms with Crippen LogP contribution in [0.3, 0.4) is 0 Å². The molecule has 0 aromatic carbocycles. The maximum absolute atomic E-state index is 13.7. The summed E-state index contributed by atoms with van der Waals surface area (Å²) in [4.78, 5) is 15.7. The maximum Gasteiger partial charge on any atom is 0.280 e. The molecule has 0 spiro atoms. The zero-order valence-corrected chi connectivity index (χ0v) is 17.4. The molecular formula is C21H24F2N8. The standard InChI is InChI=1S/C21H24F2N8/c1-12(2)31-19(20(22)23)15-9-13-10-26-21(28-17(13)18(15)29-31)27-16-4-3-14(11-25-16)30-7-5-24-6-8-30/h3-4,10-12,20,24H,5-9H2,1-2H3,(H,25,26,27,28). The number of anilines is 3. The average Bonchev–Trinajstić information content (AvgIpc) is 3.31. The Morgan fingerprint density at radius 1 is 1.06 bits per heavy atom. The van der Waals surface area contributed by atoms with Crippen LogP contribution in [0.5, 0.6) is 0 Å².